The van der Waals surface area contributed by atoms with E-state index in [-0.39, 0.29) is 11.8 Å². The number of rotatable bonds is 6. The summed E-state index contributed by atoms with van der Waals surface area (Å²) in [7, 11) is 0. The third-order valence-electron chi connectivity index (χ3n) is 3.80. The Morgan fingerprint density at radius 2 is 2.00 bits per heavy atom. The Morgan fingerprint density at radius 3 is 2.62 bits per heavy atom. The quantitative estimate of drug-likeness (QED) is 0.802. The molecule has 1 aromatic heterocycles. The number of hydrogen-bond acceptors (Lipinski definition) is 2. The second-order valence-electron chi connectivity index (χ2n) is 5.45. The molecule has 0 aliphatic rings. The summed E-state index contributed by atoms with van der Waals surface area (Å²) >= 11 is 0. The van der Waals surface area contributed by atoms with E-state index in [1.807, 2.05) is 39.0 Å². The first-order valence-electron chi connectivity index (χ1n) is 7.42. The van der Waals surface area contributed by atoms with E-state index in [2.05, 4.69) is 27.6 Å². The van der Waals surface area contributed by atoms with Crippen LogP contribution in [0.4, 0.5) is 0 Å². The Hall–Kier alpha value is -2.10. The van der Waals surface area contributed by atoms with Gasteiger partial charge in [-0.15, -0.1) is 0 Å². The summed E-state index contributed by atoms with van der Waals surface area (Å²) in [6, 6.07) is 10.3. The maximum atomic E-state index is 12.2. The average molecular weight is 285 g/mol. The van der Waals surface area contributed by atoms with E-state index in [9.17, 15) is 4.79 Å². The van der Waals surface area contributed by atoms with Gasteiger partial charge in [-0.05, 0) is 39.2 Å². The van der Waals surface area contributed by atoms with Gasteiger partial charge in [-0.2, -0.15) is 5.10 Å². The number of carbonyl (C=O) groups excluding carboxylic acids is 1. The van der Waals surface area contributed by atoms with Gasteiger partial charge in [-0.1, -0.05) is 30.3 Å². The van der Waals surface area contributed by atoms with Gasteiger partial charge in [0.15, 0.2) is 0 Å². The number of nitrogens with zero attached hydrogens (tertiary/aromatic N) is 1. The summed E-state index contributed by atoms with van der Waals surface area (Å²) < 4.78 is 0. The largest absolute Gasteiger partial charge is 0.356 e. The Labute approximate surface area is 126 Å². The number of aromatic nitrogens is 2. The molecule has 0 saturated carbocycles. The molecule has 1 aromatic carbocycles. The van der Waals surface area contributed by atoms with E-state index in [4.69, 9.17) is 0 Å². The van der Waals surface area contributed by atoms with Crippen LogP contribution < -0.4 is 5.32 Å². The molecule has 2 N–H and O–H groups in total. The molecule has 0 fully saturated rings. The van der Waals surface area contributed by atoms with Crippen LogP contribution in [0.2, 0.25) is 0 Å². The number of nitrogens with one attached hydrogen (secondary N) is 2. The number of aryl methyl sites for hydroxylation is 3. The lowest BCUT2D eigenvalue weighted by Gasteiger charge is -2.12. The van der Waals surface area contributed by atoms with Crippen molar-refractivity contribution >= 4 is 5.91 Å². The molecule has 1 unspecified atom stereocenters. The third kappa shape index (κ3) is 3.94. The first-order chi connectivity index (χ1) is 10.1. The number of aromatic amines is 1. The fraction of sp³-hybridized carbons (Fsp3) is 0.412. The normalized spacial score (nSPS) is 12.1. The molecule has 1 atom stereocenters. The highest BCUT2D eigenvalue weighted by atomic mass is 16.1. The molecule has 1 amide bonds. The highest BCUT2D eigenvalue weighted by molar-refractivity contribution is 5.83. The van der Waals surface area contributed by atoms with Crippen molar-refractivity contribution in [2.24, 2.45) is 0 Å². The summed E-state index contributed by atoms with van der Waals surface area (Å²) in [5.74, 6) is -0.101. The zero-order valence-electron chi connectivity index (χ0n) is 12.9. The van der Waals surface area contributed by atoms with Crippen LogP contribution in [0.3, 0.4) is 0 Å². The molecule has 112 valence electrons. The molecule has 2 rings (SSSR count). The fourth-order valence-electron chi connectivity index (χ4n) is 2.63. The summed E-state index contributed by atoms with van der Waals surface area (Å²) in [4.78, 5) is 12.2. The van der Waals surface area contributed by atoms with Gasteiger partial charge < -0.3 is 5.32 Å². The Balaban J connectivity index is 1.80. The van der Waals surface area contributed by atoms with Gasteiger partial charge in [0.1, 0.15) is 0 Å². The van der Waals surface area contributed by atoms with Crippen molar-refractivity contribution in [1.82, 2.24) is 15.5 Å². The van der Waals surface area contributed by atoms with Crippen molar-refractivity contribution in [3.63, 3.8) is 0 Å². The molecule has 4 heteroatoms. The molecule has 4 nitrogen and oxygen atoms in total. The van der Waals surface area contributed by atoms with E-state index in [1.54, 1.807) is 0 Å². The van der Waals surface area contributed by atoms with E-state index < -0.39 is 0 Å². The zero-order valence-corrected chi connectivity index (χ0v) is 12.9. The Morgan fingerprint density at radius 1 is 1.29 bits per heavy atom. The molecular weight excluding hydrogens is 262 g/mol. The van der Waals surface area contributed by atoms with Crippen LogP contribution in [0.5, 0.6) is 0 Å². The number of amides is 1. The summed E-state index contributed by atoms with van der Waals surface area (Å²) in [5.41, 5.74) is 4.19. The van der Waals surface area contributed by atoms with Gasteiger partial charge in [-0.3, -0.25) is 9.89 Å². The van der Waals surface area contributed by atoms with Gasteiger partial charge in [-0.25, -0.2) is 0 Å². The minimum Gasteiger partial charge on any atom is -0.356 e. The SMILES string of the molecule is Cc1n[nH]c(C)c1C(C)C(=O)NCCCc1ccccc1. The first kappa shape index (κ1) is 15.3. The van der Waals surface area contributed by atoms with Crippen LogP contribution in [0, 0.1) is 13.8 Å². The average Bonchev–Trinajstić information content (AvgIpc) is 2.83. The topological polar surface area (TPSA) is 57.8 Å². The highest BCUT2D eigenvalue weighted by Gasteiger charge is 2.20. The van der Waals surface area contributed by atoms with Gasteiger partial charge in [0.05, 0.1) is 11.6 Å². The number of H-pyrrole nitrogens is 1. The van der Waals surface area contributed by atoms with Crippen LogP contribution in [0.1, 0.15) is 41.8 Å². The third-order valence-corrected chi connectivity index (χ3v) is 3.80. The van der Waals surface area contributed by atoms with Crippen molar-refractivity contribution < 1.29 is 4.79 Å². The van der Waals surface area contributed by atoms with Gasteiger partial charge in [0.25, 0.3) is 0 Å². The predicted octanol–water partition coefficient (Wildman–Crippen LogP) is 2.88. The lowest BCUT2D eigenvalue weighted by atomic mass is 9.98. The van der Waals surface area contributed by atoms with Crippen LogP contribution in [-0.2, 0) is 11.2 Å². The van der Waals surface area contributed by atoms with Crippen molar-refractivity contribution in [3.05, 3.63) is 52.8 Å². The van der Waals surface area contributed by atoms with E-state index in [1.165, 1.54) is 5.56 Å². The van der Waals surface area contributed by atoms with Crippen LogP contribution in [0.25, 0.3) is 0 Å². The molecule has 21 heavy (non-hydrogen) atoms. The molecule has 0 bridgehead atoms. The lowest BCUT2D eigenvalue weighted by Crippen LogP contribution is -2.29. The molecule has 0 radical (unpaired) electrons. The second kappa shape index (κ2) is 7.07. The second-order valence-corrected chi connectivity index (χ2v) is 5.45. The van der Waals surface area contributed by atoms with E-state index in [0.29, 0.717) is 6.54 Å². The summed E-state index contributed by atoms with van der Waals surface area (Å²) in [6.45, 7) is 6.51. The van der Waals surface area contributed by atoms with Crippen molar-refractivity contribution in [2.75, 3.05) is 6.54 Å². The standard InChI is InChI=1S/C17H23N3O/c1-12(16-13(2)19-20-14(16)3)17(21)18-11-7-10-15-8-5-4-6-9-15/h4-6,8-9,12H,7,10-11H2,1-3H3,(H,18,21)(H,19,20). The Kier molecular flexibility index (Phi) is 5.14. The highest BCUT2D eigenvalue weighted by Crippen LogP contribution is 2.21. The molecule has 1 heterocycles. The smallest absolute Gasteiger partial charge is 0.227 e. The summed E-state index contributed by atoms with van der Waals surface area (Å²) in [6.07, 6.45) is 1.94. The number of hydrogen-bond donors (Lipinski definition) is 2. The van der Waals surface area contributed by atoms with Crippen molar-refractivity contribution in [2.45, 2.75) is 39.5 Å². The first-order valence-corrected chi connectivity index (χ1v) is 7.42. The Bertz CT molecular complexity index is 570. The van der Waals surface area contributed by atoms with E-state index >= 15 is 0 Å². The van der Waals surface area contributed by atoms with E-state index in [0.717, 1.165) is 29.8 Å². The molecule has 0 aliphatic heterocycles. The molecule has 0 saturated heterocycles. The van der Waals surface area contributed by atoms with Crippen LogP contribution in [0.15, 0.2) is 30.3 Å². The van der Waals surface area contributed by atoms with Gasteiger partial charge in [0.2, 0.25) is 5.91 Å². The van der Waals surface area contributed by atoms with Gasteiger partial charge in [0, 0.05) is 17.8 Å². The molecule has 0 spiro atoms. The van der Waals surface area contributed by atoms with Crippen LogP contribution in [-0.4, -0.2) is 22.6 Å². The minimum absolute atomic E-state index is 0.0654. The predicted molar refractivity (Wildman–Crippen MR) is 84.2 cm³/mol. The fourth-order valence-corrected chi connectivity index (χ4v) is 2.63. The minimum atomic E-state index is -0.166. The molecule has 0 aliphatic carbocycles. The monoisotopic (exact) mass is 285 g/mol. The maximum Gasteiger partial charge on any atom is 0.227 e. The van der Waals surface area contributed by atoms with Gasteiger partial charge >= 0.3 is 0 Å². The number of benzene rings is 1. The summed E-state index contributed by atoms with van der Waals surface area (Å²) in [5, 5.41) is 10.1. The van der Waals surface area contributed by atoms with Crippen molar-refractivity contribution in [1.29, 1.82) is 0 Å². The number of carbonyl (C=O) groups is 1. The van der Waals surface area contributed by atoms with Crippen LogP contribution >= 0.6 is 0 Å². The molecule has 2 aromatic rings. The maximum absolute atomic E-state index is 12.2. The lowest BCUT2D eigenvalue weighted by molar-refractivity contribution is -0.122. The molecular formula is C17H23N3O. The van der Waals surface area contributed by atoms with Crippen molar-refractivity contribution in [3.8, 4) is 0 Å². The zero-order chi connectivity index (χ0) is 15.2.